The Bertz CT molecular complexity index is 435. The van der Waals surface area contributed by atoms with Gasteiger partial charge in [0.25, 0.3) is 0 Å². The number of carboxylic acid groups (broad SMARTS) is 1. The van der Waals surface area contributed by atoms with Crippen LogP contribution < -0.4 is 4.74 Å². The largest absolute Gasteiger partial charge is 0.490 e. The predicted octanol–water partition coefficient (Wildman–Crippen LogP) is 2.59. The van der Waals surface area contributed by atoms with Crippen molar-refractivity contribution < 1.29 is 14.6 Å². The minimum atomic E-state index is -0.821. The van der Waals surface area contributed by atoms with Gasteiger partial charge in [0.05, 0.1) is 6.42 Å². The normalized spacial score (nSPS) is 13.9. The Labute approximate surface area is 101 Å². The Morgan fingerprint density at radius 3 is 2.94 bits per heavy atom. The molecule has 0 bridgehead atoms. The first-order chi connectivity index (χ1) is 8.25. The van der Waals surface area contributed by atoms with Crippen LogP contribution in [0.3, 0.4) is 0 Å². The number of fused-ring (bicyclic) bond motifs is 1. The molecule has 0 aromatic heterocycles. The molecule has 0 saturated heterocycles. The van der Waals surface area contributed by atoms with E-state index >= 15 is 0 Å². The lowest BCUT2D eigenvalue weighted by Gasteiger charge is -2.05. The van der Waals surface area contributed by atoms with Gasteiger partial charge in [0.1, 0.15) is 12.4 Å². The van der Waals surface area contributed by atoms with E-state index in [1.807, 2.05) is 6.07 Å². The molecular weight excluding hydrogens is 216 g/mol. The molecule has 1 N–H and O–H groups in total. The van der Waals surface area contributed by atoms with Crippen LogP contribution in [0.1, 0.15) is 24.0 Å². The molecule has 0 amide bonds. The zero-order chi connectivity index (χ0) is 12.1. The third-order valence-corrected chi connectivity index (χ3v) is 2.88. The van der Waals surface area contributed by atoms with Gasteiger partial charge in [-0.25, -0.2) is 0 Å². The molecule has 0 heterocycles. The Morgan fingerprint density at radius 2 is 2.12 bits per heavy atom. The number of carboxylic acids is 1. The third-order valence-electron chi connectivity index (χ3n) is 2.88. The van der Waals surface area contributed by atoms with Crippen LogP contribution in [0.5, 0.6) is 5.75 Å². The maximum Gasteiger partial charge on any atom is 0.307 e. The van der Waals surface area contributed by atoms with Gasteiger partial charge in [0, 0.05) is 0 Å². The van der Waals surface area contributed by atoms with Crippen LogP contribution >= 0.6 is 0 Å². The zero-order valence-corrected chi connectivity index (χ0v) is 9.69. The van der Waals surface area contributed by atoms with E-state index in [4.69, 9.17) is 9.84 Å². The number of aliphatic carboxylic acids is 1. The first kappa shape index (κ1) is 11.7. The summed E-state index contributed by atoms with van der Waals surface area (Å²) in [7, 11) is 0. The Kier molecular flexibility index (Phi) is 3.81. The molecule has 3 heteroatoms. The number of rotatable bonds is 5. The summed E-state index contributed by atoms with van der Waals surface area (Å²) in [6.07, 6.45) is 6.94. The van der Waals surface area contributed by atoms with Crippen LogP contribution in [-0.2, 0) is 17.6 Å². The first-order valence-corrected chi connectivity index (χ1v) is 5.87. The molecule has 0 saturated carbocycles. The Hall–Kier alpha value is -1.77. The summed E-state index contributed by atoms with van der Waals surface area (Å²) >= 11 is 0. The standard InChI is InChI=1S/C14H16O3/c15-14(16)6-1-2-9-17-13-8-7-11-4-3-5-12(11)10-13/h1-2,7-8,10H,3-6,9H2,(H,15,16)/b2-1+. The molecule has 1 aromatic rings. The second-order valence-electron chi connectivity index (χ2n) is 4.16. The molecule has 0 spiro atoms. The summed E-state index contributed by atoms with van der Waals surface area (Å²) in [6.45, 7) is 0.423. The minimum Gasteiger partial charge on any atom is -0.490 e. The molecule has 0 radical (unpaired) electrons. The van der Waals surface area contributed by atoms with Gasteiger partial charge in [-0.05, 0) is 42.5 Å². The van der Waals surface area contributed by atoms with E-state index < -0.39 is 5.97 Å². The maximum absolute atomic E-state index is 10.3. The minimum absolute atomic E-state index is 0.0492. The van der Waals surface area contributed by atoms with Crippen molar-refractivity contribution in [3.63, 3.8) is 0 Å². The van der Waals surface area contributed by atoms with Crippen molar-refractivity contribution in [2.24, 2.45) is 0 Å². The molecule has 0 aliphatic heterocycles. The molecule has 90 valence electrons. The van der Waals surface area contributed by atoms with Gasteiger partial charge in [-0.2, -0.15) is 0 Å². The molecule has 0 atom stereocenters. The summed E-state index contributed by atoms with van der Waals surface area (Å²) < 4.78 is 5.53. The van der Waals surface area contributed by atoms with Crippen LogP contribution in [-0.4, -0.2) is 17.7 Å². The van der Waals surface area contributed by atoms with E-state index in [2.05, 4.69) is 12.1 Å². The van der Waals surface area contributed by atoms with Gasteiger partial charge >= 0.3 is 5.97 Å². The van der Waals surface area contributed by atoms with Crippen LogP contribution in [0, 0.1) is 0 Å². The number of hydrogen-bond acceptors (Lipinski definition) is 2. The van der Waals surface area contributed by atoms with Gasteiger partial charge in [-0.1, -0.05) is 18.2 Å². The van der Waals surface area contributed by atoms with Crippen LogP contribution in [0.15, 0.2) is 30.4 Å². The molecule has 3 nitrogen and oxygen atoms in total. The van der Waals surface area contributed by atoms with Crippen LogP contribution in [0.2, 0.25) is 0 Å². The van der Waals surface area contributed by atoms with E-state index in [0.717, 1.165) is 12.2 Å². The van der Waals surface area contributed by atoms with Crippen molar-refractivity contribution in [1.82, 2.24) is 0 Å². The summed E-state index contributed by atoms with van der Waals surface area (Å²) in [5, 5.41) is 8.44. The molecule has 1 aromatic carbocycles. The van der Waals surface area contributed by atoms with Crippen molar-refractivity contribution in [3.05, 3.63) is 41.5 Å². The molecule has 2 rings (SSSR count). The highest BCUT2D eigenvalue weighted by atomic mass is 16.5. The zero-order valence-electron chi connectivity index (χ0n) is 9.69. The van der Waals surface area contributed by atoms with Gasteiger partial charge in [0.15, 0.2) is 0 Å². The van der Waals surface area contributed by atoms with E-state index in [9.17, 15) is 4.79 Å². The van der Waals surface area contributed by atoms with Gasteiger partial charge < -0.3 is 9.84 Å². The number of carbonyl (C=O) groups is 1. The second kappa shape index (κ2) is 5.53. The smallest absolute Gasteiger partial charge is 0.307 e. The molecular formula is C14H16O3. The van der Waals surface area contributed by atoms with Crippen molar-refractivity contribution in [2.45, 2.75) is 25.7 Å². The second-order valence-corrected chi connectivity index (χ2v) is 4.16. The molecule has 17 heavy (non-hydrogen) atoms. The Morgan fingerprint density at radius 1 is 1.29 bits per heavy atom. The van der Waals surface area contributed by atoms with E-state index in [-0.39, 0.29) is 6.42 Å². The third kappa shape index (κ3) is 3.34. The first-order valence-electron chi connectivity index (χ1n) is 5.87. The fourth-order valence-corrected chi connectivity index (χ4v) is 2.03. The van der Waals surface area contributed by atoms with Crippen LogP contribution in [0.4, 0.5) is 0 Å². The number of ether oxygens (including phenoxy) is 1. The van der Waals surface area contributed by atoms with Gasteiger partial charge in [0.2, 0.25) is 0 Å². The van der Waals surface area contributed by atoms with E-state index in [1.165, 1.54) is 24.0 Å². The lowest BCUT2D eigenvalue weighted by Crippen LogP contribution is -1.96. The van der Waals surface area contributed by atoms with E-state index in [0.29, 0.717) is 6.61 Å². The lowest BCUT2D eigenvalue weighted by molar-refractivity contribution is -0.136. The molecule has 1 aliphatic rings. The average molecular weight is 232 g/mol. The highest BCUT2D eigenvalue weighted by Crippen LogP contribution is 2.25. The fourth-order valence-electron chi connectivity index (χ4n) is 2.03. The van der Waals surface area contributed by atoms with Gasteiger partial charge in [-0.15, -0.1) is 0 Å². The van der Waals surface area contributed by atoms with Crippen molar-refractivity contribution in [1.29, 1.82) is 0 Å². The predicted molar refractivity (Wildman–Crippen MR) is 65.4 cm³/mol. The summed E-state index contributed by atoms with van der Waals surface area (Å²) in [6, 6.07) is 6.20. The summed E-state index contributed by atoms with van der Waals surface area (Å²) in [4.78, 5) is 10.3. The quantitative estimate of drug-likeness (QED) is 0.794. The number of hydrogen-bond donors (Lipinski definition) is 1. The van der Waals surface area contributed by atoms with E-state index in [1.54, 1.807) is 12.2 Å². The molecule has 0 unspecified atom stereocenters. The highest BCUT2D eigenvalue weighted by molar-refractivity contribution is 5.68. The lowest BCUT2D eigenvalue weighted by atomic mass is 10.1. The number of aryl methyl sites for hydroxylation is 2. The summed E-state index contributed by atoms with van der Waals surface area (Å²) in [5.74, 6) is 0.0457. The van der Waals surface area contributed by atoms with Crippen LogP contribution in [0.25, 0.3) is 0 Å². The Balaban J connectivity index is 1.83. The molecule has 1 aliphatic carbocycles. The molecule has 0 fully saturated rings. The van der Waals surface area contributed by atoms with Crippen molar-refractivity contribution >= 4 is 5.97 Å². The fraction of sp³-hybridized carbons (Fsp3) is 0.357. The van der Waals surface area contributed by atoms with Crippen molar-refractivity contribution in [2.75, 3.05) is 6.61 Å². The SMILES string of the molecule is O=C(O)C/C=C/COc1ccc2c(c1)CCC2. The topological polar surface area (TPSA) is 46.5 Å². The average Bonchev–Trinajstić information content (AvgIpc) is 2.75. The highest BCUT2D eigenvalue weighted by Gasteiger charge is 2.10. The maximum atomic E-state index is 10.3. The van der Waals surface area contributed by atoms with Gasteiger partial charge in [-0.3, -0.25) is 4.79 Å². The number of benzene rings is 1. The monoisotopic (exact) mass is 232 g/mol. The van der Waals surface area contributed by atoms with Crippen molar-refractivity contribution in [3.8, 4) is 5.75 Å². The summed E-state index contributed by atoms with van der Waals surface area (Å²) in [5.41, 5.74) is 2.82.